The number of nitriles is 1. The predicted octanol–water partition coefficient (Wildman–Crippen LogP) is -0.0426. The first kappa shape index (κ1) is 14.8. The van der Waals surface area contributed by atoms with E-state index in [2.05, 4.69) is 11.4 Å². The van der Waals surface area contributed by atoms with E-state index < -0.39 is 0 Å². The van der Waals surface area contributed by atoms with Gasteiger partial charge in [-0.3, -0.25) is 9.59 Å². The lowest BCUT2D eigenvalue weighted by Gasteiger charge is -2.23. The third kappa shape index (κ3) is 2.78. The van der Waals surface area contributed by atoms with Crippen LogP contribution in [0.5, 0.6) is 0 Å². The molecule has 110 valence electrons. The maximum absolute atomic E-state index is 12.4. The van der Waals surface area contributed by atoms with Gasteiger partial charge in [0.1, 0.15) is 6.04 Å². The molecular weight excluding hydrogens is 256 g/mol. The van der Waals surface area contributed by atoms with Crippen LogP contribution in [0.1, 0.15) is 26.2 Å². The summed E-state index contributed by atoms with van der Waals surface area (Å²) < 4.78 is 0. The third-order valence-electron chi connectivity index (χ3n) is 4.31. The van der Waals surface area contributed by atoms with E-state index >= 15 is 0 Å². The Morgan fingerprint density at radius 1 is 1.50 bits per heavy atom. The summed E-state index contributed by atoms with van der Waals surface area (Å²) in [7, 11) is 1.78. The molecule has 2 aliphatic heterocycles. The number of carbonyl (C=O) groups excluding carboxylic acids is 2. The lowest BCUT2D eigenvalue weighted by Crippen LogP contribution is -2.45. The molecule has 3 atom stereocenters. The van der Waals surface area contributed by atoms with Gasteiger partial charge in [-0.25, -0.2) is 0 Å². The number of hydrogen-bond acceptors (Lipinski definition) is 4. The van der Waals surface area contributed by atoms with Gasteiger partial charge >= 0.3 is 0 Å². The minimum Gasteiger partial charge on any atom is -0.346 e. The van der Waals surface area contributed by atoms with Crippen molar-refractivity contribution in [3.63, 3.8) is 0 Å². The molecule has 0 aliphatic carbocycles. The number of likely N-dealkylation sites (tertiary alicyclic amines) is 1. The van der Waals surface area contributed by atoms with Crippen LogP contribution >= 0.6 is 0 Å². The number of nitrogens with one attached hydrogen (secondary N) is 1. The summed E-state index contributed by atoms with van der Waals surface area (Å²) >= 11 is 0. The molecule has 2 saturated heterocycles. The van der Waals surface area contributed by atoms with Gasteiger partial charge in [-0.15, -0.1) is 0 Å². The molecule has 2 fully saturated rings. The van der Waals surface area contributed by atoms with Gasteiger partial charge < -0.3 is 15.1 Å². The molecule has 2 aliphatic rings. The van der Waals surface area contributed by atoms with Crippen molar-refractivity contribution >= 4 is 11.8 Å². The molecule has 0 bridgehead atoms. The number of amides is 2. The highest BCUT2D eigenvalue weighted by Crippen LogP contribution is 2.22. The third-order valence-corrected chi connectivity index (χ3v) is 4.31. The van der Waals surface area contributed by atoms with Crippen molar-refractivity contribution in [3.8, 4) is 6.07 Å². The van der Waals surface area contributed by atoms with Gasteiger partial charge in [-0.2, -0.15) is 5.26 Å². The Hall–Kier alpha value is -1.61. The Balaban J connectivity index is 1.94. The average Bonchev–Trinajstić information content (AvgIpc) is 3.13. The number of carbonyl (C=O) groups is 2. The van der Waals surface area contributed by atoms with Gasteiger partial charge in [0.15, 0.2) is 0 Å². The van der Waals surface area contributed by atoms with Crippen LogP contribution in [-0.4, -0.2) is 60.4 Å². The number of rotatable bonds is 3. The van der Waals surface area contributed by atoms with Crippen LogP contribution < -0.4 is 5.32 Å². The Labute approximate surface area is 119 Å². The van der Waals surface area contributed by atoms with Crippen molar-refractivity contribution in [1.29, 1.82) is 5.26 Å². The topological polar surface area (TPSA) is 76.4 Å². The summed E-state index contributed by atoms with van der Waals surface area (Å²) in [6.45, 7) is 3.81. The minimum atomic E-state index is -0.317. The highest BCUT2D eigenvalue weighted by Gasteiger charge is 2.39. The van der Waals surface area contributed by atoms with E-state index in [9.17, 15) is 9.59 Å². The van der Waals surface area contributed by atoms with Crippen LogP contribution in [0.2, 0.25) is 0 Å². The van der Waals surface area contributed by atoms with Gasteiger partial charge in [0.05, 0.1) is 18.0 Å². The van der Waals surface area contributed by atoms with Crippen molar-refractivity contribution in [1.82, 2.24) is 15.1 Å². The minimum absolute atomic E-state index is 0.0245. The zero-order chi connectivity index (χ0) is 14.7. The molecule has 20 heavy (non-hydrogen) atoms. The lowest BCUT2D eigenvalue weighted by atomic mass is 10.0. The largest absolute Gasteiger partial charge is 0.346 e. The van der Waals surface area contributed by atoms with Crippen LogP contribution in [0.25, 0.3) is 0 Å². The summed E-state index contributed by atoms with van der Waals surface area (Å²) in [5, 5.41) is 12.2. The van der Waals surface area contributed by atoms with E-state index in [1.807, 2.05) is 6.92 Å². The van der Waals surface area contributed by atoms with Crippen LogP contribution in [0, 0.1) is 17.2 Å². The van der Waals surface area contributed by atoms with E-state index in [4.69, 9.17) is 5.26 Å². The Kier molecular flexibility index (Phi) is 4.61. The first-order chi connectivity index (χ1) is 9.58. The molecule has 0 aromatic carbocycles. The fraction of sp³-hybridized carbons (Fsp3) is 0.786. The van der Waals surface area contributed by atoms with E-state index in [1.165, 1.54) is 0 Å². The Morgan fingerprint density at radius 2 is 2.25 bits per heavy atom. The quantitative estimate of drug-likeness (QED) is 0.786. The second kappa shape index (κ2) is 6.23. The summed E-state index contributed by atoms with van der Waals surface area (Å²) in [6, 6.07) is 1.57. The highest BCUT2D eigenvalue weighted by molar-refractivity contribution is 5.86. The zero-order valence-electron chi connectivity index (χ0n) is 12.1. The van der Waals surface area contributed by atoms with Gasteiger partial charge in [0.2, 0.25) is 11.8 Å². The van der Waals surface area contributed by atoms with Crippen LogP contribution in [0.15, 0.2) is 0 Å². The fourth-order valence-corrected chi connectivity index (χ4v) is 2.94. The zero-order valence-corrected chi connectivity index (χ0v) is 12.1. The highest BCUT2D eigenvalue weighted by atomic mass is 16.2. The normalized spacial score (nSPS) is 29.2. The summed E-state index contributed by atoms with van der Waals surface area (Å²) in [6.07, 6.45) is 2.18. The predicted molar refractivity (Wildman–Crippen MR) is 73.6 cm³/mol. The van der Waals surface area contributed by atoms with Gasteiger partial charge in [0, 0.05) is 26.7 Å². The first-order valence-corrected chi connectivity index (χ1v) is 7.27. The molecule has 2 heterocycles. The van der Waals surface area contributed by atoms with Crippen molar-refractivity contribution in [2.45, 2.75) is 38.3 Å². The monoisotopic (exact) mass is 278 g/mol. The van der Waals surface area contributed by atoms with E-state index in [0.717, 1.165) is 12.8 Å². The molecule has 0 spiro atoms. The Bertz CT molecular complexity index is 431. The van der Waals surface area contributed by atoms with E-state index in [-0.39, 0.29) is 29.8 Å². The molecule has 1 N–H and O–H groups in total. The SMILES string of the molecule is CCN(C)C(=O)[C@@H]1CN[C@H](C(=O)N2CCC[C@H]2C#N)C1. The fourth-order valence-electron chi connectivity index (χ4n) is 2.94. The molecule has 6 nitrogen and oxygen atoms in total. The number of nitrogens with zero attached hydrogens (tertiary/aromatic N) is 3. The second-order valence-corrected chi connectivity index (χ2v) is 5.56. The summed E-state index contributed by atoms with van der Waals surface area (Å²) in [5.41, 5.74) is 0. The molecular formula is C14H22N4O2. The molecule has 2 rings (SSSR count). The van der Waals surface area contributed by atoms with Gasteiger partial charge in [0.25, 0.3) is 0 Å². The van der Waals surface area contributed by atoms with Gasteiger partial charge in [-0.1, -0.05) is 0 Å². The second-order valence-electron chi connectivity index (χ2n) is 5.56. The van der Waals surface area contributed by atoms with Crippen molar-refractivity contribution in [2.24, 2.45) is 5.92 Å². The molecule has 0 unspecified atom stereocenters. The first-order valence-electron chi connectivity index (χ1n) is 7.27. The van der Waals surface area contributed by atoms with Crippen LogP contribution in [-0.2, 0) is 9.59 Å². The summed E-state index contributed by atoms with van der Waals surface area (Å²) in [5.74, 6) is -0.0610. The molecule has 6 heteroatoms. The van der Waals surface area contributed by atoms with E-state index in [0.29, 0.717) is 26.1 Å². The standard InChI is InChI=1S/C14H22N4O2/c1-3-17(2)13(19)10-7-12(16-9-10)14(20)18-6-4-5-11(18)8-15/h10-12,16H,3-7,9H2,1-2H3/t10-,11-,12-/m0/s1. The molecule has 2 amide bonds. The Morgan fingerprint density at radius 3 is 2.90 bits per heavy atom. The lowest BCUT2D eigenvalue weighted by molar-refractivity contribution is -0.134. The maximum atomic E-state index is 12.4. The van der Waals surface area contributed by atoms with Crippen molar-refractivity contribution in [3.05, 3.63) is 0 Å². The van der Waals surface area contributed by atoms with Crippen LogP contribution in [0.4, 0.5) is 0 Å². The summed E-state index contributed by atoms with van der Waals surface area (Å²) in [4.78, 5) is 27.9. The molecule has 0 radical (unpaired) electrons. The molecule has 0 aromatic heterocycles. The van der Waals surface area contributed by atoms with Crippen LogP contribution in [0.3, 0.4) is 0 Å². The van der Waals surface area contributed by atoms with Crippen molar-refractivity contribution < 1.29 is 9.59 Å². The van der Waals surface area contributed by atoms with E-state index in [1.54, 1.807) is 16.8 Å². The molecule has 0 aromatic rings. The number of hydrogen-bond donors (Lipinski definition) is 1. The van der Waals surface area contributed by atoms with Crippen molar-refractivity contribution in [2.75, 3.05) is 26.7 Å². The average molecular weight is 278 g/mol. The maximum Gasteiger partial charge on any atom is 0.240 e. The smallest absolute Gasteiger partial charge is 0.240 e. The van der Waals surface area contributed by atoms with Gasteiger partial charge in [-0.05, 0) is 26.2 Å². The molecule has 0 saturated carbocycles.